The van der Waals surface area contributed by atoms with E-state index in [0.29, 0.717) is 0 Å². The third-order valence-corrected chi connectivity index (χ3v) is 3.58. The minimum atomic E-state index is -0.196. The standard InChI is InChI=1S/C16H17N3O/c1-11(13-7-4-5-9-17-13)18-16(20)15-10-12-6-2-3-8-14(12)19-15/h2-9,11,15,19H,10H2,1H3,(H,18,20). The molecule has 0 bridgehead atoms. The first-order valence-electron chi connectivity index (χ1n) is 6.80. The fraction of sp³-hybridized carbons (Fsp3) is 0.250. The van der Waals surface area contributed by atoms with Crippen LogP contribution in [0.1, 0.15) is 24.2 Å². The molecule has 4 nitrogen and oxygen atoms in total. The lowest BCUT2D eigenvalue weighted by atomic mass is 10.1. The zero-order chi connectivity index (χ0) is 13.9. The number of fused-ring (bicyclic) bond motifs is 1. The van der Waals surface area contributed by atoms with Crippen LogP contribution in [-0.4, -0.2) is 16.9 Å². The number of aromatic nitrogens is 1. The van der Waals surface area contributed by atoms with E-state index in [1.165, 1.54) is 5.56 Å². The number of pyridine rings is 1. The summed E-state index contributed by atoms with van der Waals surface area (Å²) in [5.41, 5.74) is 3.12. The molecule has 0 saturated heterocycles. The van der Waals surface area contributed by atoms with E-state index in [1.54, 1.807) is 6.20 Å². The Morgan fingerprint density at radius 2 is 2.10 bits per heavy atom. The number of benzene rings is 1. The maximum atomic E-state index is 12.3. The summed E-state index contributed by atoms with van der Waals surface area (Å²) in [5, 5.41) is 6.27. The first kappa shape index (κ1) is 12.7. The van der Waals surface area contributed by atoms with Gasteiger partial charge >= 0.3 is 0 Å². The topological polar surface area (TPSA) is 54.0 Å². The van der Waals surface area contributed by atoms with Crippen LogP contribution >= 0.6 is 0 Å². The molecule has 3 rings (SSSR count). The Hall–Kier alpha value is -2.36. The molecule has 20 heavy (non-hydrogen) atoms. The predicted octanol–water partition coefficient (Wildman–Crippen LogP) is 2.30. The van der Waals surface area contributed by atoms with E-state index < -0.39 is 0 Å². The van der Waals surface area contributed by atoms with E-state index in [0.717, 1.165) is 17.8 Å². The molecule has 2 atom stereocenters. The lowest BCUT2D eigenvalue weighted by Crippen LogP contribution is -2.39. The molecular weight excluding hydrogens is 250 g/mol. The van der Waals surface area contributed by atoms with Crippen LogP contribution in [0, 0.1) is 0 Å². The van der Waals surface area contributed by atoms with Gasteiger partial charge in [0.15, 0.2) is 0 Å². The molecule has 0 fully saturated rings. The molecule has 0 saturated carbocycles. The number of amides is 1. The lowest BCUT2D eigenvalue weighted by molar-refractivity contribution is -0.122. The summed E-state index contributed by atoms with van der Waals surface area (Å²) in [5.74, 6) is 0.0133. The Labute approximate surface area is 118 Å². The van der Waals surface area contributed by atoms with Gasteiger partial charge in [0.1, 0.15) is 6.04 Å². The van der Waals surface area contributed by atoms with Crippen molar-refractivity contribution in [2.24, 2.45) is 0 Å². The average molecular weight is 267 g/mol. The molecule has 0 radical (unpaired) electrons. The Kier molecular flexibility index (Phi) is 3.37. The van der Waals surface area contributed by atoms with Crippen molar-refractivity contribution in [1.82, 2.24) is 10.3 Å². The van der Waals surface area contributed by atoms with Crippen molar-refractivity contribution in [3.8, 4) is 0 Å². The highest BCUT2D eigenvalue weighted by atomic mass is 16.2. The Morgan fingerprint density at radius 3 is 2.85 bits per heavy atom. The Bertz CT molecular complexity index is 587. The normalized spacial score (nSPS) is 17.9. The number of para-hydroxylation sites is 1. The summed E-state index contributed by atoms with van der Waals surface area (Å²) in [7, 11) is 0. The zero-order valence-electron chi connectivity index (χ0n) is 11.3. The number of anilines is 1. The van der Waals surface area contributed by atoms with E-state index in [-0.39, 0.29) is 18.0 Å². The van der Waals surface area contributed by atoms with Gasteiger partial charge in [0.2, 0.25) is 5.91 Å². The van der Waals surface area contributed by atoms with Crippen LogP contribution in [-0.2, 0) is 11.2 Å². The second kappa shape index (κ2) is 5.33. The van der Waals surface area contributed by atoms with Crippen LogP contribution < -0.4 is 10.6 Å². The van der Waals surface area contributed by atoms with Gasteiger partial charge in [0.25, 0.3) is 0 Å². The van der Waals surface area contributed by atoms with Gasteiger partial charge in [0.05, 0.1) is 11.7 Å². The van der Waals surface area contributed by atoms with Crippen LogP contribution in [0.3, 0.4) is 0 Å². The van der Waals surface area contributed by atoms with Crippen molar-refractivity contribution in [1.29, 1.82) is 0 Å². The van der Waals surface area contributed by atoms with Gasteiger partial charge in [-0.05, 0) is 30.7 Å². The summed E-state index contributed by atoms with van der Waals surface area (Å²) in [6, 6.07) is 13.5. The second-order valence-corrected chi connectivity index (χ2v) is 5.04. The number of nitrogens with zero attached hydrogens (tertiary/aromatic N) is 1. The van der Waals surface area contributed by atoms with Crippen molar-refractivity contribution in [3.63, 3.8) is 0 Å². The monoisotopic (exact) mass is 267 g/mol. The summed E-state index contributed by atoms with van der Waals surface area (Å²) < 4.78 is 0. The molecule has 0 spiro atoms. The van der Waals surface area contributed by atoms with Crippen molar-refractivity contribution in [3.05, 3.63) is 59.9 Å². The first-order chi connectivity index (χ1) is 9.74. The fourth-order valence-electron chi connectivity index (χ4n) is 2.48. The molecular formula is C16H17N3O. The van der Waals surface area contributed by atoms with Crippen LogP contribution in [0.2, 0.25) is 0 Å². The number of hydrogen-bond acceptors (Lipinski definition) is 3. The molecule has 1 amide bonds. The molecule has 2 N–H and O–H groups in total. The third kappa shape index (κ3) is 2.50. The van der Waals surface area contributed by atoms with Crippen molar-refractivity contribution in [2.75, 3.05) is 5.32 Å². The largest absolute Gasteiger partial charge is 0.373 e. The number of nitrogens with one attached hydrogen (secondary N) is 2. The molecule has 4 heteroatoms. The highest BCUT2D eigenvalue weighted by Gasteiger charge is 2.27. The van der Waals surface area contributed by atoms with Gasteiger partial charge in [-0.3, -0.25) is 9.78 Å². The SMILES string of the molecule is CC(NC(=O)C1Cc2ccccc2N1)c1ccccn1. The van der Waals surface area contributed by atoms with Crippen molar-refractivity contribution < 1.29 is 4.79 Å². The Balaban J connectivity index is 1.64. The minimum Gasteiger partial charge on any atom is -0.373 e. The first-order valence-corrected chi connectivity index (χ1v) is 6.80. The van der Waals surface area contributed by atoms with Gasteiger partial charge in [-0.25, -0.2) is 0 Å². The summed E-state index contributed by atoms with van der Waals surface area (Å²) in [4.78, 5) is 16.6. The van der Waals surface area contributed by atoms with Crippen LogP contribution in [0.25, 0.3) is 0 Å². The fourth-order valence-corrected chi connectivity index (χ4v) is 2.48. The third-order valence-electron chi connectivity index (χ3n) is 3.58. The van der Waals surface area contributed by atoms with Gasteiger partial charge < -0.3 is 10.6 Å². The van der Waals surface area contributed by atoms with Gasteiger partial charge in [-0.15, -0.1) is 0 Å². The van der Waals surface area contributed by atoms with Crippen molar-refractivity contribution in [2.45, 2.75) is 25.4 Å². The van der Waals surface area contributed by atoms with Gasteiger partial charge in [-0.2, -0.15) is 0 Å². The minimum absolute atomic E-state index is 0.0133. The number of carbonyl (C=O) groups excluding carboxylic acids is 1. The van der Waals surface area contributed by atoms with Gasteiger partial charge in [0, 0.05) is 18.3 Å². The summed E-state index contributed by atoms with van der Waals surface area (Å²) in [6.45, 7) is 1.95. The van der Waals surface area contributed by atoms with Gasteiger partial charge in [-0.1, -0.05) is 24.3 Å². The van der Waals surface area contributed by atoms with E-state index in [1.807, 2.05) is 43.3 Å². The molecule has 0 aliphatic carbocycles. The molecule has 2 heterocycles. The number of hydrogen-bond donors (Lipinski definition) is 2. The molecule has 2 aromatic rings. The highest BCUT2D eigenvalue weighted by Crippen LogP contribution is 2.25. The lowest BCUT2D eigenvalue weighted by Gasteiger charge is -2.17. The van der Waals surface area contributed by atoms with E-state index in [4.69, 9.17) is 0 Å². The van der Waals surface area contributed by atoms with Crippen LogP contribution in [0.5, 0.6) is 0 Å². The summed E-state index contributed by atoms with van der Waals surface area (Å²) in [6.07, 6.45) is 2.47. The predicted molar refractivity (Wildman–Crippen MR) is 78.4 cm³/mol. The second-order valence-electron chi connectivity index (χ2n) is 5.04. The molecule has 1 aliphatic rings. The van der Waals surface area contributed by atoms with E-state index in [2.05, 4.69) is 21.7 Å². The maximum Gasteiger partial charge on any atom is 0.243 e. The van der Waals surface area contributed by atoms with Crippen LogP contribution in [0.4, 0.5) is 5.69 Å². The molecule has 2 unspecified atom stereocenters. The maximum absolute atomic E-state index is 12.3. The summed E-state index contributed by atoms with van der Waals surface area (Å²) >= 11 is 0. The van der Waals surface area contributed by atoms with Crippen molar-refractivity contribution >= 4 is 11.6 Å². The smallest absolute Gasteiger partial charge is 0.243 e. The van der Waals surface area contributed by atoms with Crippen LogP contribution in [0.15, 0.2) is 48.7 Å². The Morgan fingerprint density at radius 1 is 1.30 bits per heavy atom. The number of rotatable bonds is 3. The molecule has 102 valence electrons. The highest BCUT2D eigenvalue weighted by molar-refractivity contribution is 5.87. The quantitative estimate of drug-likeness (QED) is 0.897. The van der Waals surface area contributed by atoms with E-state index >= 15 is 0 Å². The van der Waals surface area contributed by atoms with E-state index in [9.17, 15) is 4.79 Å². The molecule has 1 aromatic heterocycles. The molecule has 1 aliphatic heterocycles. The molecule has 1 aromatic carbocycles. The zero-order valence-corrected chi connectivity index (χ0v) is 11.3. The number of carbonyl (C=O) groups is 1. The average Bonchev–Trinajstić information content (AvgIpc) is 2.92.